The van der Waals surface area contributed by atoms with Gasteiger partial charge in [-0.05, 0) is 41.5 Å². The van der Waals surface area contributed by atoms with E-state index in [0.717, 1.165) is 16.8 Å². The van der Waals surface area contributed by atoms with E-state index in [4.69, 9.17) is 0 Å². The maximum atomic E-state index is 11.0. The fourth-order valence-corrected chi connectivity index (χ4v) is 2.10. The van der Waals surface area contributed by atoms with E-state index in [0.29, 0.717) is 0 Å². The van der Waals surface area contributed by atoms with Crippen molar-refractivity contribution in [1.82, 2.24) is 9.97 Å². The van der Waals surface area contributed by atoms with Gasteiger partial charge in [0.15, 0.2) is 0 Å². The Bertz CT molecular complexity index is 806. The molecule has 22 heavy (non-hydrogen) atoms. The largest absolute Gasteiger partial charge is 0.334 e. The smallest absolute Gasteiger partial charge is 0.311 e. The molecular weight excluding hydrogens is 280 g/mol. The summed E-state index contributed by atoms with van der Waals surface area (Å²) in [5, 5.41) is 14.0. The zero-order valence-electron chi connectivity index (χ0n) is 11.5. The molecule has 108 valence electrons. The number of anilines is 2. The van der Waals surface area contributed by atoms with Crippen LogP contribution in [0, 0.1) is 10.1 Å². The average molecular weight is 292 g/mol. The standard InChI is InChI=1S/C16H12N4O2/c21-20(22)15-5-2-8-18-16(15)19-14-4-1-3-13(11-14)12-6-9-17-10-7-12/h1-11H,(H,18,19). The number of hydrogen-bond acceptors (Lipinski definition) is 5. The molecule has 6 heteroatoms. The highest BCUT2D eigenvalue weighted by Crippen LogP contribution is 2.27. The maximum Gasteiger partial charge on any atom is 0.311 e. The van der Waals surface area contributed by atoms with Gasteiger partial charge in [-0.3, -0.25) is 15.1 Å². The molecule has 0 aliphatic carbocycles. The molecular formula is C16H12N4O2. The monoisotopic (exact) mass is 292 g/mol. The van der Waals surface area contributed by atoms with Gasteiger partial charge < -0.3 is 5.32 Å². The number of aromatic nitrogens is 2. The lowest BCUT2D eigenvalue weighted by atomic mass is 10.1. The predicted octanol–water partition coefficient (Wildman–Crippen LogP) is 3.80. The van der Waals surface area contributed by atoms with Gasteiger partial charge >= 0.3 is 5.69 Å². The van der Waals surface area contributed by atoms with Crippen molar-refractivity contribution in [2.45, 2.75) is 0 Å². The van der Waals surface area contributed by atoms with Crippen molar-refractivity contribution in [3.63, 3.8) is 0 Å². The van der Waals surface area contributed by atoms with Crippen LogP contribution in [0.3, 0.4) is 0 Å². The molecule has 0 atom stereocenters. The Balaban J connectivity index is 1.93. The summed E-state index contributed by atoms with van der Waals surface area (Å²) in [5.41, 5.74) is 2.69. The predicted molar refractivity (Wildman–Crippen MR) is 83.8 cm³/mol. The summed E-state index contributed by atoms with van der Waals surface area (Å²) < 4.78 is 0. The van der Waals surface area contributed by atoms with E-state index >= 15 is 0 Å². The summed E-state index contributed by atoms with van der Waals surface area (Å²) in [6.07, 6.45) is 4.96. The van der Waals surface area contributed by atoms with Crippen LogP contribution >= 0.6 is 0 Å². The lowest BCUT2D eigenvalue weighted by molar-refractivity contribution is -0.384. The third-order valence-electron chi connectivity index (χ3n) is 3.12. The molecule has 2 aromatic heterocycles. The fraction of sp³-hybridized carbons (Fsp3) is 0. The van der Waals surface area contributed by atoms with Gasteiger partial charge in [-0.15, -0.1) is 0 Å². The zero-order valence-corrected chi connectivity index (χ0v) is 11.5. The molecule has 0 unspecified atom stereocenters. The van der Waals surface area contributed by atoms with Gasteiger partial charge in [0.25, 0.3) is 0 Å². The quantitative estimate of drug-likeness (QED) is 0.584. The second-order valence-corrected chi connectivity index (χ2v) is 4.57. The number of nitrogens with one attached hydrogen (secondary N) is 1. The summed E-state index contributed by atoms with van der Waals surface area (Å²) in [6, 6.07) is 14.4. The van der Waals surface area contributed by atoms with Crippen LogP contribution in [0.2, 0.25) is 0 Å². The van der Waals surface area contributed by atoms with E-state index in [-0.39, 0.29) is 11.5 Å². The molecule has 0 aliphatic heterocycles. The molecule has 3 aromatic rings. The first kappa shape index (κ1) is 13.7. The highest BCUT2D eigenvalue weighted by molar-refractivity contribution is 5.72. The molecule has 3 rings (SSSR count). The zero-order chi connectivity index (χ0) is 15.4. The summed E-state index contributed by atoms with van der Waals surface area (Å²) >= 11 is 0. The third-order valence-corrected chi connectivity index (χ3v) is 3.12. The Morgan fingerprint density at radius 3 is 2.55 bits per heavy atom. The van der Waals surface area contributed by atoms with Crippen molar-refractivity contribution in [1.29, 1.82) is 0 Å². The number of pyridine rings is 2. The summed E-state index contributed by atoms with van der Waals surface area (Å²) in [4.78, 5) is 18.6. The second kappa shape index (κ2) is 6.01. The number of nitrogens with zero attached hydrogens (tertiary/aromatic N) is 3. The van der Waals surface area contributed by atoms with E-state index in [2.05, 4.69) is 15.3 Å². The molecule has 0 saturated heterocycles. The van der Waals surface area contributed by atoms with Crippen molar-refractivity contribution in [3.05, 3.63) is 77.2 Å². The van der Waals surface area contributed by atoms with E-state index in [1.807, 2.05) is 36.4 Å². The summed E-state index contributed by atoms with van der Waals surface area (Å²) in [7, 11) is 0. The van der Waals surface area contributed by atoms with Crippen LogP contribution in [0.5, 0.6) is 0 Å². The van der Waals surface area contributed by atoms with Crippen LogP contribution in [0.1, 0.15) is 0 Å². The molecule has 0 radical (unpaired) electrons. The molecule has 0 saturated carbocycles. The lowest BCUT2D eigenvalue weighted by Crippen LogP contribution is -1.99. The van der Waals surface area contributed by atoms with E-state index in [1.54, 1.807) is 12.4 Å². The average Bonchev–Trinajstić information content (AvgIpc) is 2.56. The molecule has 0 spiro atoms. The van der Waals surface area contributed by atoms with Crippen LogP contribution in [0.15, 0.2) is 67.1 Å². The van der Waals surface area contributed by atoms with Gasteiger partial charge in [-0.1, -0.05) is 12.1 Å². The number of hydrogen-bond donors (Lipinski definition) is 1. The van der Waals surface area contributed by atoms with Gasteiger partial charge in [0.05, 0.1) is 4.92 Å². The Morgan fingerprint density at radius 2 is 1.77 bits per heavy atom. The van der Waals surface area contributed by atoms with Crippen LogP contribution in [0.25, 0.3) is 11.1 Å². The highest BCUT2D eigenvalue weighted by Gasteiger charge is 2.14. The topological polar surface area (TPSA) is 81.0 Å². The molecule has 0 aliphatic rings. The van der Waals surface area contributed by atoms with Crippen molar-refractivity contribution >= 4 is 17.2 Å². The van der Waals surface area contributed by atoms with E-state index in [9.17, 15) is 10.1 Å². The Morgan fingerprint density at radius 1 is 0.955 bits per heavy atom. The third kappa shape index (κ3) is 2.90. The van der Waals surface area contributed by atoms with Crippen LogP contribution in [0.4, 0.5) is 17.2 Å². The van der Waals surface area contributed by atoms with Crippen LogP contribution < -0.4 is 5.32 Å². The summed E-state index contributed by atoms with van der Waals surface area (Å²) in [5.74, 6) is 0.222. The van der Waals surface area contributed by atoms with Gasteiger partial charge in [0.1, 0.15) is 0 Å². The number of rotatable bonds is 4. The minimum absolute atomic E-state index is 0.0585. The van der Waals surface area contributed by atoms with E-state index < -0.39 is 4.92 Å². The second-order valence-electron chi connectivity index (χ2n) is 4.57. The lowest BCUT2D eigenvalue weighted by Gasteiger charge is -2.08. The van der Waals surface area contributed by atoms with Gasteiger partial charge in [0, 0.05) is 30.3 Å². The van der Waals surface area contributed by atoms with Gasteiger partial charge in [-0.25, -0.2) is 4.98 Å². The van der Waals surface area contributed by atoms with Crippen molar-refractivity contribution in [2.75, 3.05) is 5.32 Å². The fourth-order valence-electron chi connectivity index (χ4n) is 2.10. The SMILES string of the molecule is O=[N+]([O-])c1cccnc1Nc1cccc(-c2ccncc2)c1. The molecule has 0 amide bonds. The Kier molecular flexibility index (Phi) is 3.74. The molecule has 1 aromatic carbocycles. The van der Waals surface area contributed by atoms with Crippen molar-refractivity contribution in [2.24, 2.45) is 0 Å². The first-order valence-corrected chi connectivity index (χ1v) is 6.61. The number of nitro groups is 1. The van der Waals surface area contributed by atoms with Gasteiger partial charge in [-0.2, -0.15) is 0 Å². The molecule has 0 fully saturated rings. The van der Waals surface area contributed by atoms with Crippen molar-refractivity contribution in [3.8, 4) is 11.1 Å². The van der Waals surface area contributed by atoms with E-state index in [1.165, 1.54) is 18.3 Å². The normalized spacial score (nSPS) is 10.2. The first-order valence-electron chi connectivity index (χ1n) is 6.61. The Hall–Kier alpha value is -3.28. The maximum absolute atomic E-state index is 11.0. The molecule has 6 nitrogen and oxygen atoms in total. The van der Waals surface area contributed by atoms with Crippen LogP contribution in [-0.4, -0.2) is 14.9 Å². The van der Waals surface area contributed by atoms with Crippen molar-refractivity contribution < 1.29 is 4.92 Å². The van der Waals surface area contributed by atoms with Crippen LogP contribution in [-0.2, 0) is 0 Å². The minimum atomic E-state index is -0.456. The molecule has 0 bridgehead atoms. The van der Waals surface area contributed by atoms with Gasteiger partial charge in [0.2, 0.25) is 5.82 Å². The first-order chi connectivity index (χ1) is 10.7. The molecule has 1 N–H and O–H groups in total. The number of benzene rings is 1. The highest BCUT2D eigenvalue weighted by atomic mass is 16.6. The Labute approximate surface area is 126 Å². The molecule has 2 heterocycles. The summed E-state index contributed by atoms with van der Waals surface area (Å²) in [6.45, 7) is 0. The minimum Gasteiger partial charge on any atom is -0.334 e.